The Hall–Kier alpha value is -2.41. The second-order valence-corrected chi connectivity index (χ2v) is 4.38. The first-order valence-corrected chi connectivity index (χ1v) is 6.08. The fraction of sp³-hybridized carbons (Fsp3) is 0.133. The van der Waals surface area contributed by atoms with Crippen LogP contribution in [0.1, 0.15) is 21.5 Å². The zero-order chi connectivity index (χ0) is 16.3. The molecule has 0 radical (unpaired) electrons. The smallest absolute Gasteiger partial charge is 0.416 e. The fourth-order valence-electron chi connectivity index (χ4n) is 1.79. The molecule has 22 heavy (non-hydrogen) atoms. The van der Waals surface area contributed by atoms with Gasteiger partial charge in [-0.25, -0.2) is 4.39 Å². The maximum atomic E-state index is 13.1. The van der Waals surface area contributed by atoms with Crippen molar-refractivity contribution in [3.63, 3.8) is 0 Å². The minimum atomic E-state index is -4.60. The molecule has 3 nitrogen and oxygen atoms in total. The standard InChI is InChI=1S/C15H10F4O3/c16-12-3-4-13(10(5-12)8-21)22-14-6-11(15(17,18)19)2-1-9(14)7-20/h1-7,21H,8H2. The van der Waals surface area contributed by atoms with Crippen LogP contribution in [0.5, 0.6) is 11.5 Å². The molecule has 0 aromatic heterocycles. The number of aliphatic hydroxyl groups excluding tert-OH is 1. The molecule has 0 saturated carbocycles. The average Bonchev–Trinajstić information content (AvgIpc) is 2.48. The lowest BCUT2D eigenvalue weighted by molar-refractivity contribution is -0.137. The van der Waals surface area contributed by atoms with Gasteiger partial charge in [-0.15, -0.1) is 0 Å². The number of ether oxygens (including phenoxy) is 1. The number of carbonyl (C=O) groups is 1. The lowest BCUT2D eigenvalue weighted by Gasteiger charge is -2.14. The Balaban J connectivity index is 2.46. The van der Waals surface area contributed by atoms with Gasteiger partial charge < -0.3 is 9.84 Å². The van der Waals surface area contributed by atoms with Gasteiger partial charge in [0.2, 0.25) is 0 Å². The summed E-state index contributed by atoms with van der Waals surface area (Å²) in [6.45, 7) is -0.567. The van der Waals surface area contributed by atoms with Crippen LogP contribution in [0.2, 0.25) is 0 Å². The van der Waals surface area contributed by atoms with Gasteiger partial charge in [0, 0.05) is 5.56 Å². The predicted molar refractivity (Wildman–Crippen MR) is 69.2 cm³/mol. The quantitative estimate of drug-likeness (QED) is 0.687. The highest BCUT2D eigenvalue weighted by Gasteiger charge is 2.31. The summed E-state index contributed by atoms with van der Waals surface area (Å²) >= 11 is 0. The fourth-order valence-corrected chi connectivity index (χ4v) is 1.79. The number of halogens is 4. The topological polar surface area (TPSA) is 46.5 Å². The molecule has 1 N–H and O–H groups in total. The molecule has 0 amide bonds. The molecule has 0 fully saturated rings. The number of aldehydes is 1. The van der Waals surface area contributed by atoms with Crippen LogP contribution >= 0.6 is 0 Å². The highest BCUT2D eigenvalue weighted by molar-refractivity contribution is 5.79. The van der Waals surface area contributed by atoms with Gasteiger partial charge in [0.25, 0.3) is 0 Å². The monoisotopic (exact) mass is 314 g/mol. The number of hydrogen-bond acceptors (Lipinski definition) is 3. The average molecular weight is 314 g/mol. The SMILES string of the molecule is O=Cc1ccc(C(F)(F)F)cc1Oc1ccc(F)cc1CO. The first-order valence-electron chi connectivity index (χ1n) is 6.08. The first kappa shape index (κ1) is 16.0. The number of benzene rings is 2. The molecule has 0 atom stereocenters. The van der Waals surface area contributed by atoms with Crippen molar-refractivity contribution in [1.82, 2.24) is 0 Å². The van der Waals surface area contributed by atoms with Crippen LogP contribution in [0, 0.1) is 5.82 Å². The highest BCUT2D eigenvalue weighted by Crippen LogP contribution is 2.35. The summed E-state index contributed by atoms with van der Waals surface area (Å²) in [5.74, 6) is -0.992. The molecule has 0 heterocycles. The second kappa shape index (κ2) is 6.15. The minimum Gasteiger partial charge on any atom is -0.456 e. The van der Waals surface area contributed by atoms with Crippen LogP contribution in [0.4, 0.5) is 17.6 Å². The third-order valence-electron chi connectivity index (χ3n) is 2.88. The zero-order valence-electron chi connectivity index (χ0n) is 11.0. The van der Waals surface area contributed by atoms with E-state index in [2.05, 4.69) is 0 Å². The Morgan fingerprint density at radius 1 is 1.09 bits per heavy atom. The third-order valence-corrected chi connectivity index (χ3v) is 2.88. The van der Waals surface area contributed by atoms with E-state index in [-0.39, 0.29) is 22.6 Å². The Morgan fingerprint density at radius 2 is 1.82 bits per heavy atom. The van der Waals surface area contributed by atoms with Crippen molar-refractivity contribution < 1.29 is 32.2 Å². The molecule has 0 aliphatic carbocycles. The normalized spacial score (nSPS) is 11.3. The van der Waals surface area contributed by atoms with Gasteiger partial charge in [0.15, 0.2) is 6.29 Å². The summed E-state index contributed by atoms with van der Waals surface area (Å²) in [7, 11) is 0. The molecule has 0 aliphatic heterocycles. The highest BCUT2D eigenvalue weighted by atomic mass is 19.4. The van der Waals surface area contributed by atoms with Crippen molar-refractivity contribution in [2.45, 2.75) is 12.8 Å². The van der Waals surface area contributed by atoms with Crippen molar-refractivity contribution in [1.29, 1.82) is 0 Å². The van der Waals surface area contributed by atoms with E-state index in [4.69, 9.17) is 9.84 Å². The molecular weight excluding hydrogens is 304 g/mol. The summed E-state index contributed by atoms with van der Waals surface area (Å²) in [5, 5.41) is 9.14. The van der Waals surface area contributed by atoms with Crippen molar-refractivity contribution >= 4 is 6.29 Å². The summed E-state index contributed by atoms with van der Waals surface area (Å²) < 4.78 is 56.4. The number of aliphatic hydroxyl groups is 1. The van der Waals surface area contributed by atoms with Crippen LogP contribution in [0.25, 0.3) is 0 Å². The summed E-state index contributed by atoms with van der Waals surface area (Å²) in [6, 6.07) is 5.59. The van der Waals surface area contributed by atoms with Crippen molar-refractivity contribution in [2.24, 2.45) is 0 Å². The minimum absolute atomic E-state index is 0.0358. The van der Waals surface area contributed by atoms with Crippen LogP contribution in [0.15, 0.2) is 36.4 Å². The Kier molecular flexibility index (Phi) is 4.46. The number of rotatable bonds is 4. The molecule has 2 rings (SSSR count). The Bertz CT molecular complexity index is 696. The van der Waals surface area contributed by atoms with Gasteiger partial charge in [0.05, 0.1) is 17.7 Å². The van der Waals surface area contributed by atoms with Crippen LogP contribution < -0.4 is 4.74 Å². The van der Waals surface area contributed by atoms with Crippen LogP contribution in [-0.2, 0) is 12.8 Å². The number of hydrogen-bond donors (Lipinski definition) is 1. The van der Waals surface area contributed by atoms with Crippen LogP contribution in [-0.4, -0.2) is 11.4 Å². The third kappa shape index (κ3) is 3.43. The Morgan fingerprint density at radius 3 is 2.41 bits per heavy atom. The van der Waals surface area contributed by atoms with Crippen molar-refractivity contribution in [3.8, 4) is 11.5 Å². The summed E-state index contributed by atoms with van der Waals surface area (Å²) in [5.41, 5.74) is -1.03. The molecule has 0 saturated heterocycles. The van der Waals surface area contributed by atoms with E-state index in [1.54, 1.807) is 0 Å². The largest absolute Gasteiger partial charge is 0.456 e. The van der Waals surface area contributed by atoms with Crippen LogP contribution in [0.3, 0.4) is 0 Å². The predicted octanol–water partition coefficient (Wildman–Crippen LogP) is 3.94. The zero-order valence-corrected chi connectivity index (χ0v) is 11.0. The maximum Gasteiger partial charge on any atom is 0.416 e. The molecule has 2 aromatic carbocycles. The molecule has 2 aromatic rings. The summed E-state index contributed by atoms with van der Waals surface area (Å²) in [6.07, 6.45) is -4.25. The molecule has 0 unspecified atom stereocenters. The number of carbonyl (C=O) groups excluding carboxylic acids is 1. The van der Waals surface area contributed by atoms with E-state index in [1.165, 1.54) is 0 Å². The van der Waals surface area contributed by atoms with Crippen molar-refractivity contribution in [3.05, 3.63) is 58.9 Å². The molecule has 0 bridgehead atoms. The molecule has 0 aliphatic rings. The molecule has 0 spiro atoms. The van der Waals surface area contributed by atoms with Gasteiger partial charge >= 0.3 is 6.18 Å². The lowest BCUT2D eigenvalue weighted by Crippen LogP contribution is -2.06. The van der Waals surface area contributed by atoms with Crippen molar-refractivity contribution in [2.75, 3.05) is 0 Å². The second-order valence-electron chi connectivity index (χ2n) is 4.38. The van der Waals surface area contributed by atoms with E-state index in [9.17, 15) is 22.4 Å². The molecule has 116 valence electrons. The Labute approximate surface area is 122 Å². The van der Waals surface area contributed by atoms with E-state index in [1.807, 2.05) is 0 Å². The van der Waals surface area contributed by atoms with Gasteiger partial charge in [-0.1, -0.05) is 0 Å². The van der Waals surface area contributed by atoms with Gasteiger partial charge in [0.1, 0.15) is 17.3 Å². The van der Waals surface area contributed by atoms with Gasteiger partial charge in [-0.2, -0.15) is 13.2 Å². The summed E-state index contributed by atoms with van der Waals surface area (Å²) in [4.78, 5) is 10.9. The van der Waals surface area contributed by atoms with Gasteiger partial charge in [-0.3, -0.25) is 4.79 Å². The van der Waals surface area contributed by atoms with E-state index in [0.717, 1.165) is 30.3 Å². The first-order chi connectivity index (χ1) is 10.3. The van der Waals surface area contributed by atoms with Gasteiger partial charge in [-0.05, 0) is 36.4 Å². The lowest BCUT2D eigenvalue weighted by atomic mass is 10.1. The molecular formula is C15H10F4O3. The van der Waals surface area contributed by atoms with E-state index in [0.29, 0.717) is 12.4 Å². The molecule has 7 heteroatoms. The maximum absolute atomic E-state index is 13.1. The van der Waals surface area contributed by atoms with E-state index >= 15 is 0 Å². The van der Waals surface area contributed by atoms with E-state index < -0.39 is 24.2 Å². The number of alkyl halides is 3.